The van der Waals surface area contributed by atoms with Gasteiger partial charge in [-0.25, -0.2) is 4.79 Å². The summed E-state index contributed by atoms with van der Waals surface area (Å²) < 4.78 is 11.2. The number of aryl methyl sites for hydroxylation is 2. The van der Waals surface area contributed by atoms with Crippen LogP contribution in [0, 0.1) is 13.8 Å². The predicted octanol–water partition coefficient (Wildman–Crippen LogP) is 3.28. The van der Waals surface area contributed by atoms with E-state index in [1.807, 2.05) is 32.0 Å². The molecule has 0 bridgehead atoms. The summed E-state index contributed by atoms with van der Waals surface area (Å²) in [7, 11) is 0. The number of para-hydroxylation sites is 1. The first kappa shape index (κ1) is 17.1. The first-order valence-corrected chi connectivity index (χ1v) is 8.31. The van der Waals surface area contributed by atoms with E-state index in [0.29, 0.717) is 13.1 Å². The topological polar surface area (TPSA) is 80.0 Å². The molecule has 0 aliphatic carbocycles. The van der Waals surface area contributed by atoms with Gasteiger partial charge in [0.25, 0.3) is 5.91 Å². The second-order valence-electron chi connectivity index (χ2n) is 6.30. The van der Waals surface area contributed by atoms with Crippen molar-refractivity contribution in [2.45, 2.75) is 32.8 Å². The summed E-state index contributed by atoms with van der Waals surface area (Å²) in [6, 6.07) is 8.76. The summed E-state index contributed by atoms with van der Waals surface area (Å²) in [5.74, 6) is -0.703. The third-order valence-electron chi connectivity index (χ3n) is 4.45. The molecule has 0 unspecified atom stereocenters. The first-order valence-electron chi connectivity index (χ1n) is 8.31. The van der Waals surface area contributed by atoms with Crippen LogP contribution in [0.2, 0.25) is 0 Å². The number of furan rings is 1. The van der Waals surface area contributed by atoms with Gasteiger partial charge in [-0.2, -0.15) is 0 Å². The molecule has 0 spiro atoms. The normalized spacial score (nSPS) is 15.2. The Labute approximate surface area is 146 Å². The highest BCUT2D eigenvalue weighted by molar-refractivity contribution is 5.93. The molecule has 1 aliphatic rings. The van der Waals surface area contributed by atoms with Crippen molar-refractivity contribution >= 4 is 11.9 Å². The molecule has 1 N–H and O–H groups in total. The third-order valence-corrected chi connectivity index (χ3v) is 4.45. The number of carbonyl (C=O) groups is 2. The number of hydrogen-bond donors (Lipinski definition) is 1. The minimum absolute atomic E-state index is 0.0616. The van der Waals surface area contributed by atoms with Crippen molar-refractivity contribution < 1.29 is 23.8 Å². The second-order valence-corrected chi connectivity index (χ2v) is 6.30. The number of ether oxygens (including phenoxy) is 1. The average Bonchev–Trinajstić information content (AvgIpc) is 3.09. The van der Waals surface area contributed by atoms with Gasteiger partial charge in [0, 0.05) is 25.9 Å². The van der Waals surface area contributed by atoms with Crippen LogP contribution in [0.3, 0.4) is 0 Å². The quantitative estimate of drug-likeness (QED) is 0.921. The lowest BCUT2D eigenvalue weighted by Gasteiger charge is -2.32. The fraction of sp³-hybridized carbons (Fsp3) is 0.368. The summed E-state index contributed by atoms with van der Waals surface area (Å²) in [6.45, 7) is 5.16. The number of hydrogen-bond acceptors (Lipinski definition) is 4. The Bertz CT molecular complexity index is 767. The fourth-order valence-corrected chi connectivity index (χ4v) is 3.05. The number of piperidine rings is 1. The maximum absolute atomic E-state index is 12.4. The van der Waals surface area contributed by atoms with Gasteiger partial charge in [0.2, 0.25) is 5.76 Å². The molecule has 1 aromatic carbocycles. The van der Waals surface area contributed by atoms with Gasteiger partial charge in [0.15, 0.2) is 5.76 Å². The molecule has 1 saturated heterocycles. The lowest BCUT2D eigenvalue weighted by Crippen LogP contribution is -2.41. The minimum Gasteiger partial charge on any atom is -0.490 e. The summed E-state index contributed by atoms with van der Waals surface area (Å²) in [5, 5.41) is 8.87. The van der Waals surface area contributed by atoms with Gasteiger partial charge >= 0.3 is 5.97 Å². The third kappa shape index (κ3) is 3.68. The second kappa shape index (κ2) is 7.01. The van der Waals surface area contributed by atoms with Crippen molar-refractivity contribution in [1.29, 1.82) is 0 Å². The molecule has 6 heteroatoms. The molecule has 0 radical (unpaired) electrons. The fourth-order valence-electron chi connectivity index (χ4n) is 3.05. The Kier molecular flexibility index (Phi) is 4.79. The van der Waals surface area contributed by atoms with Crippen molar-refractivity contribution in [2.75, 3.05) is 13.1 Å². The number of benzene rings is 1. The van der Waals surface area contributed by atoms with E-state index >= 15 is 0 Å². The Balaban J connectivity index is 1.59. The van der Waals surface area contributed by atoms with Crippen LogP contribution < -0.4 is 4.74 Å². The summed E-state index contributed by atoms with van der Waals surface area (Å²) in [5.41, 5.74) is 2.21. The standard InChI is InChI=1S/C19H21NO5/c1-12-4-3-5-13(2)17(12)24-14-8-10-20(11-9-14)18(21)15-6-7-16(25-15)19(22)23/h3-7,14H,8-11H2,1-2H3,(H,22,23). The minimum atomic E-state index is -1.18. The van der Waals surface area contributed by atoms with E-state index in [-0.39, 0.29) is 23.5 Å². The summed E-state index contributed by atoms with van der Waals surface area (Å²) in [6.07, 6.45) is 1.52. The molecule has 6 nitrogen and oxygen atoms in total. The molecule has 1 amide bonds. The monoisotopic (exact) mass is 343 g/mol. The van der Waals surface area contributed by atoms with Gasteiger partial charge in [-0.3, -0.25) is 4.79 Å². The van der Waals surface area contributed by atoms with Gasteiger partial charge in [0.05, 0.1) is 0 Å². The van der Waals surface area contributed by atoms with E-state index in [1.165, 1.54) is 12.1 Å². The predicted molar refractivity (Wildman–Crippen MR) is 91.1 cm³/mol. The number of amides is 1. The lowest BCUT2D eigenvalue weighted by atomic mass is 10.1. The SMILES string of the molecule is Cc1cccc(C)c1OC1CCN(C(=O)c2ccc(C(=O)O)o2)CC1. The van der Waals surface area contributed by atoms with E-state index in [0.717, 1.165) is 29.7 Å². The van der Waals surface area contributed by atoms with Gasteiger partial charge < -0.3 is 19.2 Å². The Morgan fingerprint density at radius 1 is 1.08 bits per heavy atom. The van der Waals surface area contributed by atoms with Gasteiger partial charge in [-0.05, 0) is 37.1 Å². The molecule has 2 heterocycles. The van der Waals surface area contributed by atoms with Crippen LogP contribution in [0.25, 0.3) is 0 Å². The molecule has 3 rings (SSSR count). The summed E-state index contributed by atoms with van der Waals surface area (Å²) >= 11 is 0. The van der Waals surface area contributed by atoms with Crippen LogP contribution in [0.15, 0.2) is 34.7 Å². The van der Waals surface area contributed by atoms with E-state index in [2.05, 4.69) is 0 Å². The highest BCUT2D eigenvalue weighted by atomic mass is 16.5. The Morgan fingerprint density at radius 3 is 2.24 bits per heavy atom. The number of carbonyl (C=O) groups excluding carboxylic acids is 1. The molecule has 0 atom stereocenters. The van der Waals surface area contributed by atoms with Gasteiger partial charge in [0.1, 0.15) is 11.9 Å². The van der Waals surface area contributed by atoms with Gasteiger partial charge in [-0.1, -0.05) is 18.2 Å². The van der Waals surface area contributed by atoms with E-state index < -0.39 is 5.97 Å². The first-order chi connectivity index (χ1) is 12.0. The van der Waals surface area contributed by atoms with Crippen molar-refractivity contribution in [3.63, 3.8) is 0 Å². The molecule has 1 aliphatic heterocycles. The lowest BCUT2D eigenvalue weighted by molar-refractivity contribution is 0.0556. The number of carboxylic acid groups (broad SMARTS) is 1. The molecular weight excluding hydrogens is 322 g/mol. The molecular formula is C19H21NO5. The number of carboxylic acids is 1. The zero-order valence-electron chi connectivity index (χ0n) is 14.3. The smallest absolute Gasteiger partial charge is 0.371 e. The van der Waals surface area contributed by atoms with Crippen molar-refractivity contribution in [3.8, 4) is 5.75 Å². The van der Waals surface area contributed by atoms with E-state index in [4.69, 9.17) is 14.3 Å². The highest BCUT2D eigenvalue weighted by Crippen LogP contribution is 2.26. The molecule has 132 valence electrons. The van der Waals surface area contributed by atoms with Crippen LogP contribution in [0.5, 0.6) is 5.75 Å². The maximum atomic E-state index is 12.4. The van der Waals surface area contributed by atoms with Crippen LogP contribution in [0.1, 0.15) is 45.1 Å². The van der Waals surface area contributed by atoms with Crippen molar-refractivity contribution in [3.05, 3.63) is 53.0 Å². The van der Waals surface area contributed by atoms with Gasteiger partial charge in [-0.15, -0.1) is 0 Å². The largest absolute Gasteiger partial charge is 0.490 e. The number of nitrogens with zero attached hydrogens (tertiary/aromatic N) is 1. The number of rotatable bonds is 4. The highest BCUT2D eigenvalue weighted by Gasteiger charge is 2.27. The number of likely N-dealkylation sites (tertiary alicyclic amines) is 1. The molecule has 0 saturated carbocycles. The molecule has 1 fully saturated rings. The van der Waals surface area contributed by atoms with E-state index in [1.54, 1.807) is 4.90 Å². The van der Waals surface area contributed by atoms with Crippen LogP contribution >= 0.6 is 0 Å². The zero-order valence-corrected chi connectivity index (χ0v) is 14.3. The number of aromatic carboxylic acids is 1. The Hall–Kier alpha value is -2.76. The molecule has 1 aromatic heterocycles. The summed E-state index contributed by atoms with van der Waals surface area (Å²) in [4.78, 5) is 24.9. The maximum Gasteiger partial charge on any atom is 0.371 e. The zero-order chi connectivity index (χ0) is 18.0. The van der Waals surface area contributed by atoms with Crippen LogP contribution in [0.4, 0.5) is 0 Å². The van der Waals surface area contributed by atoms with Crippen molar-refractivity contribution in [2.24, 2.45) is 0 Å². The molecule has 2 aromatic rings. The van der Waals surface area contributed by atoms with Crippen molar-refractivity contribution in [1.82, 2.24) is 4.90 Å². The van der Waals surface area contributed by atoms with E-state index in [9.17, 15) is 9.59 Å². The van der Waals surface area contributed by atoms with Crippen LogP contribution in [-0.2, 0) is 0 Å². The Morgan fingerprint density at radius 2 is 1.68 bits per heavy atom. The average molecular weight is 343 g/mol. The van der Waals surface area contributed by atoms with Crippen LogP contribution in [-0.4, -0.2) is 41.1 Å². The molecule has 25 heavy (non-hydrogen) atoms.